The standard InChI is InChI=1S/C17H24N2O4/c1-11(2)14-8-12(18-23-14)10-19(3)16(21)13-9-15(20)22-17(13)6-4-5-7-17/h8,11,13H,4-7,9-10H2,1-3H3. The summed E-state index contributed by atoms with van der Waals surface area (Å²) in [6.07, 6.45) is 3.82. The van der Waals surface area contributed by atoms with E-state index < -0.39 is 5.60 Å². The van der Waals surface area contributed by atoms with E-state index in [-0.39, 0.29) is 30.1 Å². The van der Waals surface area contributed by atoms with Gasteiger partial charge >= 0.3 is 5.97 Å². The average molecular weight is 320 g/mol. The first-order chi connectivity index (χ1) is 10.9. The number of hydrogen-bond acceptors (Lipinski definition) is 5. The molecule has 0 aromatic carbocycles. The molecule has 0 bridgehead atoms. The third kappa shape index (κ3) is 2.99. The molecule has 6 heteroatoms. The molecule has 0 radical (unpaired) electrons. The van der Waals surface area contributed by atoms with Gasteiger partial charge in [0.1, 0.15) is 17.1 Å². The van der Waals surface area contributed by atoms with Gasteiger partial charge in [-0.1, -0.05) is 19.0 Å². The summed E-state index contributed by atoms with van der Waals surface area (Å²) in [4.78, 5) is 26.2. The lowest BCUT2D eigenvalue weighted by molar-refractivity contribution is -0.151. The molecule has 1 aromatic heterocycles. The molecule has 1 unspecified atom stereocenters. The van der Waals surface area contributed by atoms with E-state index in [1.165, 1.54) is 0 Å². The average Bonchev–Trinajstić information content (AvgIpc) is 3.20. The zero-order valence-electron chi connectivity index (χ0n) is 14.0. The second-order valence-electron chi connectivity index (χ2n) is 7.07. The number of amides is 1. The van der Waals surface area contributed by atoms with Crippen molar-refractivity contribution in [1.29, 1.82) is 0 Å². The Balaban J connectivity index is 1.70. The zero-order valence-corrected chi connectivity index (χ0v) is 14.0. The molecule has 2 fully saturated rings. The van der Waals surface area contributed by atoms with Crippen LogP contribution in [0.3, 0.4) is 0 Å². The summed E-state index contributed by atoms with van der Waals surface area (Å²) >= 11 is 0. The van der Waals surface area contributed by atoms with Crippen LogP contribution in [0.1, 0.15) is 63.3 Å². The number of rotatable bonds is 4. The maximum atomic E-state index is 12.8. The van der Waals surface area contributed by atoms with Crippen LogP contribution < -0.4 is 0 Å². The minimum atomic E-state index is -0.560. The Bertz CT molecular complexity index is 601. The molecular formula is C17H24N2O4. The maximum absolute atomic E-state index is 12.8. The number of esters is 1. The largest absolute Gasteiger partial charge is 0.458 e. The highest BCUT2D eigenvalue weighted by molar-refractivity contribution is 5.87. The minimum absolute atomic E-state index is 0.0353. The SMILES string of the molecule is CC(C)c1cc(CN(C)C(=O)C2CC(=O)OC23CCCC3)no1. The Morgan fingerprint density at radius 2 is 2.13 bits per heavy atom. The van der Waals surface area contributed by atoms with E-state index in [1.54, 1.807) is 11.9 Å². The summed E-state index contributed by atoms with van der Waals surface area (Å²) in [5, 5.41) is 4.02. The lowest BCUT2D eigenvalue weighted by Gasteiger charge is -2.30. The minimum Gasteiger partial charge on any atom is -0.458 e. The second kappa shape index (κ2) is 5.98. The van der Waals surface area contributed by atoms with Crippen LogP contribution in [0, 0.1) is 5.92 Å². The molecule has 1 amide bonds. The molecule has 1 aromatic rings. The third-order valence-electron chi connectivity index (χ3n) is 4.99. The van der Waals surface area contributed by atoms with Gasteiger partial charge in [-0.05, 0) is 25.7 Å². The topological polar surface area (TPSA) is 72.6 Å². The molecule has 2 aliphatic rings. The van der Waals surface area contributed by atoms with Gasteiger partial charge in [-0.2, -0.15) is 0 Å². The molecule has 23 heavy (non-hydrogen) atoms. The van der Waals surface area contributed by atoms with E-state index in [2.05, 4.69) is 5.16 Å². The molecule has 1 spiro atoms. The smallest absolute Gasteiger partial charge is 0.307 e. The van der Waals surface area contributed by atoms with Gasteiger partial charge in [0, 0.05) is 19.0 Å². The van der Waals surface area contributed by atoms with Crippen LogP contribution in [0.2, 0.25) is 0 Å². The Hall–Kier alpha value is -1.85. The van der Waals surface area contributed by atoms with E-state index in [9.17, 15) is 9.59 Å². The third-order valence-corrected chi connectivity index (χ3v) is 4.99. The van der Waals surface area contributed by atoms with Crippen molar-refractivity contribution in [3.8, 4) is 0 Å². The van der Waals surface area contributed by atoms with Crippen LogP contribution in [-0.2, 0) is 20.9 Å². The van der Waals surface area contributed by atoms with Crippen molar-refractivity contribution in [2.24, 2.45) is 5.92 Å². The fraction of sp³-hybridized carbons (Fsp3) is 0.706. The fourth-order valence-electron chi connectivity index (χ4n) is 3.69. The van der Waals surface area contributed by atoms with Crippen LogP contribution in [-0.4, -0.2) is 34.6 Å². The molecule has 1 atom stereocenters. The van der Waals surface area contributed by atoms with Gasteiger partial charge in [0.2, 0.25) is 5.91 Å². The van der Waals surface area contributed by atoms with Gasteiger partial charge in [-0.15, -0.1) is 0 Å². The summed E-state index contributed by atoms with van der Waals surface area (Å²) in [6, 6.07) is 1.89. The van der Waals surface area contributed by atoms with Gasteiger partial charge in [0.25, 0.3) is 0 Å². The number of hydrogen-bond donors (Lipinski definition) is 0. The molecule has 126 valence electrons. The van der Waals surface area contributed by atoms with E-state index in [4.69, 9.17) is 9.26 Å². The Morgan fingerprint density at radius 1 is 1.43 bits per heavy atom. The summed E-state index contributed by atoms with van der Waals surface area (Å²) in [5.74, 6) is 0.431. The van der Waals surface area contributed by atoms with Crippen LogP contribution in [0.4, 0.5) is 0 Å². The van der Waals surface area contributed by atoms with Crippen molar-refractivity contribution in [3.05, 3.63) is 17.5 Å². The number of nitrogens with zero attached hydrogens (tertiary/aromatic N) is 2. The first-order valence-corrected chi connectivity index (χ1v) is 8.33. The summed E-state index contributed by atoms with van der Waals surface area (Å²) < 4.78 is 10.8. The second-order valence-corrected chi connectivity index (χ2v) is 7.07. The number of carbonyl (C=O) groups is 2. The molecule has 6 nitrogen and oxygen atoms in total. The van der Waals surface area contributed by atoms with Crippen molar-refractivity contribution in [2.45, 2.75) is 64.0 Å². The normalized spacial score (nSPS) is 22.8. The Labute approximate surface area is 136 Å². The zero-order chi connectivity index (χ0) is 16.6. The van der Waals surface area contributed by atoms with Crippen molar-refractivity contribution >= 4 is 11.9 Å². The molecule has 0 N–H and O–H groups in total. The predicted octanol–water partition coefficient (Wildman–Crippen LogP) is 2.63. The summed E-state index contributed by atoms with van der Waals surface area (Å²) in [5.41, 5.74) is 0.172. The lowest BCUT2D eigenvalue weighted by atomic mass is 9.84. The fourth-order valence-corrected chi connectivity index (χ4v) is 3.69. The van der Waals surface area contributed by atoms with E-state index in [1.807, 2.05) is 19.9 Å². The van der Waals surface area contributed by atoms with Crippen LogP contribution >= 0.6 is 0 Å². The van der Waals surface area contributed by atoms with Gasteiger partial charge < -0.3 is 14.2 Å². The van der Waals surface area contributed by atoms with E-state index >= 15 is 0 Å². The molecule has 1 saturated heterocycles. The first kappa shape index (κ1) is 16.0. The van der Waals surface area contributed by atoms with Gasteiger partial charge in [0.15, 0.2) is 0 Å². The van der Waals surface area contributed by atoms with Gasteiger partial charge in [-0.3, -0.25) is 9.59 Å². The molecular weight excluding hydrogens is 296 g/mol. The van der Waals surface area contributed by atoms with Crippen molar-refractivity contribution in [2.75, 3.05) is 7.05 Å². The van der Waals surface area contributed by atoms with Crippen molar-refractivity contribution in [1.82, 2.24) is 10.1 Å². The number of aromatic nitrogens is 1. The molecule has 3 rings (SSSR count). The summed E-state index contributed by atoms with van der Waals surface area (Å²) in [7, 11) is 1.75. The first-order valence-electron chi connectivity index (χ1n) is 8.33. The summed E-state index contributed by atoms with van der Waals surface area (Å²) in [6.45, 7) is 4.45. The highest BCUT2D eigenvalue weighted by atomic mass is 16.6. The molecule has 1 saturated carbocycles. The van der Waals surface area contributed by atoms with E-state index in [0.29, 0.717) is 6.54 Å². The lowest BCUT2D eigenvalue weighted by Crippen LogP contribution is -2.43. The van der Waals surface area contributed by atoms with Crippen molar-refractivity contribution in [3.63, 3.8) is 0 Å². The predicted molar refractivity (Wildman–Crippen MR) is 82.5 cm³/mol. The Morgan fingerprint density at radius 3 is 2.74 bits per heavy atom. The molecule has 1 aliphatic carbocycles. The van der Waals surface area contributed by atoms with Crippen molar-refractivity contribution < 1.29 is 18.8 Å². The quantitative estimate of drug-likeness (QED) is 0.797. The highest BCUT2D eigenvalue weighted by Gasteiger charge is 2.54. The molecule has 2 heterocycles. The maximum Gasteiger partial charge on any atom is 0.307 e. The monoisotopic (exact) mass is 320 g/mol. The van der Waals surface area contributed by atoms with Crippen LogP contribution in [0.5, 0.6) is 0 Å². The van der Waals surface area contributed by atoms with Gasteiger partial charge in [-0.25, -0.2) is 0 Å². The van der Waals surface area contributed by atoms with E-state index in [0.717, 1.165) is 37.1 Å². The van der Waals surface area contributed by atoms with Crippen LogP contribution in [0.25, 0.3) is 0 Å². The number of carbonyl (C=O) groups excluding carboxylic acids is 2. The number of ether oxygens (including phenoxy) is 1. The van der Waals surface area contributed by atoms with Crippen LogP contribution in [0.15, 0.2) is 10.6 Å². The highest BCUT2D eigenvalue weighted by Crippen LogP contribution is 2.46. The van der Waals surface area contributed by atoms with Gasteiger partial charge in [0.05, 0.1) is 18.9 Å². The Kier molecular flexibility index (Phi) is 4.17. The molecule has 1 aliphatic heterocycles.